The standard InChI is InChI=1S/C24H22N2O2/c1-2-17-10-6-8-14-20(17)25-23(27)22-16-19-13-7-9-15-21(19)26(22)24(28)18-11-4-3-5-12-18/h3-15,22H,2,16H2,1H3,(H,25,27)/t22-/m1/s1. The zero-order chi connectivity index (χ0) is 19.5. The molecule has 1 aliphatic rings. The summed E-state index contributed by atoms with van der Waals surface area (Å²) in [5.41, 5.74) is 4.27. The zero-order valence-corrected chi connectivity index (χ0v) is 15.8. The second kappa shape index (κ2) is 7.69. The van der Waals surface area contributed by atoms with E-state index in [0.717, 1.165) is 28.9 Å². The lowest BCUT2D eigenvalue weighted by atomic mass is 10.1. The topological polar surface area (TPSA) is 49.4 Å². The van der Waals surface area contributed by atoms with Crippen LogP contribution >= 0.6 is 0 Å². The quantitative estimate of drug-likeness (QED) is 0.737. The van der Waals surface area contributed by atoms with Crippen molar-refractivity contribution in [3.05, 3.63) is 95.6 Å². The molecule has 1 heterocycles. The summed E-state index contributed by atoms with van der Waals surface area (Å²) in [5, 5.41) is 3.04. The van der Waals surface area contributed by atoms with E-state index < -0.39 is 6.04 Å². The van der Waals surface area contributed by atoms with Crippen LogP contribution in [0.1, 0.15) is 28.4 Å². The average molecular weight is 370 g/mol. The molecule has 0 radical (unpaired) electrons. The van der Waals surface area contributed by atoms with Gasteiger partial charge in [-0.2, -0.15) is 0 Å². The van der Waals surface area contributed by atoms with E-state index >= 15 is 0 Å². The Bertz CT molecular complexity index is 1010. The van der Waals surface area contributed by atoms with Gasteiger partial charge in [-0.1, -0.05) is 61.5 Å². The molecular weight excluding hydrogens is 348 g/mol. The summed E-state index contributed by atoms with van der Waals surface area (Å²) in [5.74, 6) is -0.323. The lowest BCUT2D eigenvalue weighted by molar-refractivity contribution is -0.117. The molecule has 3 aromatic rings. The minimum atomic E-state index is -0.574. The van der Waals surface area contributed by atoms with Crippen LogP contribution in [-0.4, -0.2) is 17.9 Å². The first-order valence-corrected chi connectivity index (χ1v) is 9.54. The highest BCUT2D eigenvalue weighted by molar-refractivity contribution is 6.13. The smallest absolute Gasteiger partial charge is 0.259 e. The summed E-state index contributed by atoms with van der Waals surface area (Å²) >= 11 is 0. The van der Waals surface area contributed by atoms with Gasteiger partial charge in [-0.3, -0.25) is 14.5 Å². The number of hydrogen-bond acceptors (Lipinski definition) is 2. The van der Waals surface area contributed by atoms with Crippen LogP contribution in [-0.2, 0) is 17.6 Å². The highest BCUT2D eigenvalue weighted by atomic mass is 16.2. The van der Waals surface area contributed by atoms with E-state index in [2.05, 4.69) is 12.2 Å². The van der Waals surface area contributed by atoms with Gasteiger partial charge in [0.25, 0.3) is 5.91 Å². The van der Waals surface area contributed by atoms with Crippen molar-refractivity contribution < 1.29 is 9.59 Å². The molecule has 0 spiro atoms. The molecule has 0 bridgehead atoms. The molecule has 0 saturated heterocycles. The van der Waals surface area contributed by atoms with E-state index in [1.807, 2.05) is 66.7 Å². The van der Waals surface area contributed by atoms with E-state index in [4.69, 9.17) is 0 Å². The summed E-state index contributed by atoms with van der Waals surface area (Å²) in [4.78, 5) is 28.1. The molecule has 0 saturated carbocycles. The molecule has 4 rings (SSSR count). The third-order valence-electron chi connectivity index (χ3n) is 5.17. The van der Waals surface area contributed by atoms with Crippen molar-refractivity contribution in [2.45, 2.75) is 25.8 Å². The van der Waals surface area contributed by atoms with Crippen molar-refractivity contribution >= 4 is 23.2 Å². The van der Waals surface area contributed by atoms with Crippen LogP contribution in [0, 0.1) is 0 Å². The number of nitrogens with zero attached hydrogens (tertiary/aromatic N) is 1. The van der Waals surface area contributed by atoms with Crippen LogP contribution < -0.4 is 10.2 Å². The Morgan fingerprint density at radius 1 is 0.929 bits per heavy atom. The molecule has 0 unspecified atom stereocenters. The number of para-hydroxylation sites is 2. The number of benzene rings is 3. The maximum Gasteiger partial charge on any atom is 0.259 e. The van der Waals surface area contributed by atoms with Gasteiger partial charge in [0.1, 0.15) is 6.04 Å². The van der Waals surface area contributed by atoms with Gasteiger partial charge in [0.2, 0.25) is 5.91 Å². The number of rotatable bonds is 4. The minimum absolute atomic E-state index is 0.158. The van der Waals surface area contributed by atoms with Crippen LogP contribution in [0.2, 0.25) is 0 Å². The summed E-state index contributed by atoms with van der Waals surface area (Å²) in [6, 6.07) is 24.0. The maximum atomic E-state index is 13.2. The second-order valence-corrected chi connectivity index (χ2v) is 6.89. The Balaban J connectivity index is 1.67. The van der Waals surface area contributed by atoms with Crippen molar-refractivity contribution in [3.63, 3.8) is 0 Å². The summed E-state index contributed by atoms with van der Waals surface area (Å²) in [6.45, 7) is 2.06. The molecule has 3 aromatic carbocycles. The Hall–Kier alpha value is -3.40. The molecule has 0 aliphatic carbocycles. The first kappa shape index (κ1) is 18.0. The van der Waals surface area contributed by atoms with Gasteiger partial charge in [0, 0.05) is 23.4 Å². The Morgan fingerprint density at radius 3 is 2.39 bits per heavy atom. The van der Waals surface area contributed by atoms with Crippen LogP contribution in [0.15, 0.2) is 78.9 Å². The predicted molar refractivity (Wildman–Crippen MR) is 112 cm³/mol. The third-order valence-corrected chi connectivity index (χ3v) is 5.17. The molecule has 1 aliphatic heterocycles. The Morgan fingerprint density at radius 2 is 1.61 bits per heavy atom. The molecule has 4 heteroatoms. The van der Waals surface area contributed by atoms with Crippen LogP contribution in [0.5, 0.6) is 0 Å². The van der Waals surface area contributed by atoms with E-state index in [1.165, 1.54) is 0 Å². The number of aryl methyl sites for hydroxylation is 1. The first-order valence-electron chi connectivity index (χ1n) is 9.54. The van der Waals surface area contributed by atoms with Crippen molar-refractivity contribution in [2.24, 2.45) is 0 Å². The van der Waals surface area contributed by atoms with Gasteiger partial charge < -0.3 is 5.32 Å². The summed E-state index contributed by atoms with van der Waals surface area (Å²) in [7, 11) is 0. The number of carbonyl (C=O) groups excluding carboxylic acids is 2. The van der Waals surface area contributed by atoms with Gasteiger partial charge in [-0.25, -0.2) is 0 Å². The highest BCUT2D eigenvalue weighted by Gasteiger charge is 2.38. The maximum absolute atomic E-state index is 13.2. The molecule has 28 heavy (non-hydrogen) atoms. The molecule has 1 atom stereocenters. The van der Waals surface area contributed by atoms with Crippen LogP contribution in [0.4, 0.5) is 11.4 Å². The van der Waals surface area contributed by atoms with E-state index in [9.17, 15) is 9.59 Å². The van der Waals surface area contributed by atoms with E-state index in [-0.39, 0.29) is 11.8 Å². The molecule has 2 amide bonds. The highest BCUT2D eigenvalue weighted by Crippen LogP contribution is 2.34. The van der Waals surface area contributed by atoms with Gasteiger partial charge in [-0.05, 0) is 41.8 Å². The second-order valence-electron chi connectivity index (χ2n) is 6.89. The largest absolute Gasteiger partial charge is 0.324 e. The van der Waals surface area contributed by atoms with Gasteiger partial charge in [0.15, 0.2) is 0 Å². The molecule has 0 fully saturated rings. The van der Waals surface area contributed by atoms with Crippen molar-refractivity contribution in [3.8, 4) is 0 Å². The summed E-state index contributed by atoms with van der Waals surface area (Å²) in [6.07, 6.45) is 1.34. The van der Waals surface area contributed by atoms with Gasteiger partial charge in [-0.15, -0.1) is 0 Å². The Kier molecular flexibility index (Phi) is 4.94. The number of fused-ring (bicyclic) bond motifs is 1. The molecule has 1 N–H and O–H groups in total. The molecule has 140 valence electrons. The normalized spacial score (nSPS) is 15.2. The fourth-order valence-corrected chi connectivity index (χ4v) is 3.73. The fourth-order valence-electron chi connectivity index (χ4n) is 3.73. The predicted octanol–water partition coefficient (Wildman–Crippen LogP) is 4.46. The van der Waals surface area contributed by atoms with Crippen molar-refractivity contribution in [1.82, 2.24) is 0 Å². The third kappa shape index (κ3) is 3.29. The zero-order valence-electron chi connectivity index (χ0n) is 15.8. The minimum Gasteiger partial charge on any atom is -0.324 e. The fraction of sp³-hybridized carbons (Fsp3) is 0.167. The van der Waals surface area contributed by atoms with Crippen molar-refractivity contribution in [2.75, 3.05) is 10.2 Å². The van der Waals surface area contributed by atoms with Crippen LogP contribution in [0.25, 0.3) is 0 Å². The number of amides is 2. The number of nitrogens with one attached hydrogen (secondary N) is 1. The number of anilines is 2. The van der Waals surface area contributed by atoms with Gasteiger partial charge in [0.05, 0.1) is 0 Å². The van der Waals surface area contributed by atoms with E-state index in [1.54, 1.807) is 17.0 Å². The van der Waals surface area contributed by atoms with Gasteiger partial charge >= 0.3 is 0 Å². The average Bonchev–Trinajstić information content (AvgIpc) is 3.14. The molecular formula is C24H22N2O2. The van der Waals surface area contributed by atoms with Crippen LogP contribution in [0.3, 0.4) is 0 Å². The SMILES string of the molecule is CCc1ccccc1NC(=O)[C@H]1Cc2ccccc2N1C(=O)c1ccccc1. The lowest BCUT2D eigenvalue weighted by Crippen LogP contribution is -2.45. The monoisotopic (exact) mass is 370 g/mol. The Labute approximate surface area is 164 Å². The summed E-state index contributed by atoms with van der Waals surface area (Å²) < 4.78 is 0. The molecule has 0 aromatic heterocycles. The number of hydrogen-bond donors (Lipinski definition) is 1. The first-order chi connectivity index (χ1) is 13.7. The number of carbonyl (C=O) groups is 2. The van der Waals surface area contributed by atoms with E-state index in [0.29, 0.717) is 12.0 Å². The molecule has 4 nitrogen and oxygen atoms in total. The van der Waals surface area contributed by atoms with Crippen molar-refractivity contribution in [1.29, 1.82) is 0 Å². The lowest BCUT2D eigenvalue weighted by Gasteiger charge is -2.25.